The second-order valence-corrected chi connectivity index (χ2v) is 5.74. The lowest BCUT2D eigenvalue weighted by molar-refractivity contribution is 0.983. The predicted octanol–water partition coefficient (Wildman–Crippen LogP) is 5.00. The Balaban J connectivity index is 1.92. The van der Waals surface area contributed by atoms with E-state index in [2.05, 4.69) is 77.2 Å². The molecule has 3 aromatic rings. The van der Waals surface area contributed by atoms with Gasteiger partial charge in [-0.3, -0.25) is 4.57 Å². The van der Waals surface area contributed by atoms with Crippen molar-refractivity contribution in [3.8, 4) is 0 Å². The summed E-state index contributed by atoms with van der Waals surface area (Å²) >= 11 is 0. The summed E-state index contributed by atoms with van der Waals surface area (Å²) in [6.07, 6.45) is 8.90. The SMILES string of the molecule is CN(c1ccccc1)c1nc2ccccc2n1C1=CCCC=C1. The van der Waals surface area contributed by atoms with Crippen LogP contribution in [0.4, 0.5) is 11.6 Å². The number of imidazole rings is 1. The highest BCUT2D eigenvalue weighted by molar-refractivity contribution is 5.86. The van der Waals surface area contributed by atoms with Crippen LogP contribution in [0.2, 0.25) is 0 Å². The molecule has 0 saturated heterocycles. The van der Waals surface area contributed by atoms with Crippen molar-refractivity contribution in [2.45, 2.75) is 12.8 Å². The first-order valence-corrected chi connectivity index (χ1v) is 7.98. The van der Waals surface area contributed by atoms with E-state index in [0.717, 1.165) is 35.5 Å². The molecule has 114 valence electrons. The number of nitrogens with zero attached hydrogens (tertiary/aromatic N) is 3. The normalized spacial score (nSPS) is 14.0. The lowest BCUT2D eigenvalue weighted by atomic mass is 10.1. The molecule has 0 unspecified atom stereocenters. The number of hydrogen-bond acceptors (Lipinski definition) is 2. The van der Waals surface area contributed by atoms with Crippen LogP contribution in [0.15, 0.2) is 72.8 Å². The van der Waals surface area contributed by atoms with E-state index in [1.165, 1.54) is 5.70 Å². The fourth-order valence-electron chi connectivity index (χ4n) is 3.03. The molecule has 0 saturated carbocycles. The van der Waals surface area contributed by atoms with Crippen molar-refractivity contribution in [3.05, 3.63) is 72.8 Å². The van der Waals surface area contributed by atoms with Crippen molar-refractivity contribution in [2.24, 2.45) is 0 Å². The molecule has 0 bridgehead atoms. The topological polar surface area (TPSA) is 21.1 Å². The number of aromatic nitrogens is 2. The smallest absolute Gasteiger partial charge is 0.215 e. The minimum Gasteiger partial charge on any atom is -0.315 e. The lowest BCUT2D eigenvalue weighted by Gasteiger charge is -2.21. The van der Waals surface area contributed by atoms with Gasteiger partial charge in [-0.25, -0.2) is 4.98 Å². The van der Waals surface area contributed by atoms with Gasteiger partial charge < -0.3 is 4.90 Å². The number of hydrogen-bond donors (Lipinski definition) is 0. The predicted molar refractivity (Wildman–Crippen MR) is 96.9 cm³/mol. The Kier molecular flexibility index (Phi) is 3.46. The largest absolute Gasteiger partial charge is 0.315 e. The second-order valence-electron chi connectivity index (χ2n) is 5.74. The molecule has 0 N–H and O–H groups in total. The highest BCUT2D eigenvalue weighted by Gasteiger charge is 2.17. The minimum atomic E-state index is 0.940. The Bertz CT molecular complexity index is 888. The molecular weight excluding hydrogens is 282 g/mol. The zero-order chi connectivity index (χ0) is 15.6. The lowest BCUT2D eigenvalue weighted by Crippen LogP contribution is -2.15. The summed E-state index contributed by atoms with van der Waals surface area (Å²) in [5, 5.41) is 0. The number of benzene rings is 2. The van der Waals surface area contributed by atoms with Crippen molar-refractivity contribution in [2.75, 3.05) is 11.9 Å². The molecule has 0 aliphatic heterocycles. The zero-order valence-corrected chi connectivity index (χ0v) is 13.2. The summed E-state index contributed by atoms with van der Waals surface area (Å²) < 4.78 is 2.25. The molecule has 0 radical (unpaired) electrons. The van der Waals surface area contributed by atoms with Crippen LogP contribution in [0.3, 0.4) is 0 Å². The number of fused-ring (bicyclic) bond motifs is 1. The van der Waals surface area contributed by atoms with Crippen molar-refractivity contribution in [3.63, 3.8) is 0 Å². The van der Waals surface area contributed by atoms with Gasteiger partial charge >= 0.3 is 0 Å². The van der Waals surface area contributed by atoms with Crippen LogP contribution in [-0.2, 0) is 0 Å². The summed E-state index contributed by atoms with van der Waals surface area (Å²) in [6.45, 7) is 0. The molecule has 0 spiro atoms. The number of allylic oxidation sites excluding steroid dienone is 4. The van der Waals surface area contributed by atoms with E-state index in [4.69, 9.17) is 4.98 Å². The van der Waals surface area contributed by atoms with Gasteiger partial charge in [-0.05, 0) is 43.2 Å². The molecule has 0 atom stereocenters. The average molecular weight is 301 g/mol. The highest BCUT2D eigenvalue weighted by atomic mass is 15.3. The van der Waals surface area contributed by atoms with Crippen LogP contribution in [0, 0.1) is 0 Å². The van der Waals surface area contributed by atoms with Gasteiger partial charge in [-0.1, -0.05) is 42.5 Å². The van der Waals surface area contributed by atoms with Crippen molar-refractivity contribution in [1.82, 2.24) is 9.55 Å². The second kappa shape index (κ2) is 5.76. The summed E-state index contributed by atoms with van der Waals surface area (Å²) in [6, 6.07) is 18.7. The zero-order valence-electron chi connectivity index (χ0n) is 13.2. The standard InChI is InChI=1S/C20H19N3/c1-22(16-10-4-2-5-11-16)20-21-18-14-8-9-15-19(18)23(20)17-12-6-3-7-13-17/h2,4-6,8-15H,3,7H2,1H3. The van der Waals surface area contributed by atoms with E-state index in [0.29, 0.717) is 0 Å². The van der Waals surface area contributed by atoms with Crippen LogP contribution >= 0.6 is 0 Å². The molecule has 1 aromatic heterocycles. The van der Waals surface area contributed by atoms with E-state index in [-0.39, 0.29) is 0 Å². The van der Waals surface area contributed by atoms with E-state index in [9.17, 15) is 0 Å². The summed E-state index contributed by atoms with van der Waals surface area (Å²) in [5.41, 5.74) is 4.49. The fourth-order valence-corrected chi connectivity index (χ4v) is 3.03. The van der Waals surface area contributed by atoms with E-state index in [1.807, 2.05) is 12.1 Å². The van der Waals surface area contributed by atoms with Gasteiger partial charge in [0.1, 0.15) is 0 Å². The molecule has 3 nitrogen and oxygen atoms in total. The van der Waals surface area contributed by atoms with Crippen LogP contribution in [0.25, 0.3) is 16.7 Å². The molecule has 1 aliphatic rings. The molecule has 2 aromatic carbocycles. The van der Waals surface area contributed by atoms with Gasteiger partial charge in [0, 0.05) is 18.4 Å². The van der Waals surface area contributed by atoms with Crippen LogP contribution < -0.4 is 4.90 Å². The number of para-hydroxylation sites is 3. The molecule has 3 heteroatoms. The summed E-state index contributed by atoms with van der Waals surface area (Å²) in [5.74, 6) is 0.940. The number of rotatable bonds is 3. The van der Waals surface area contributed by atoms with Crippen molar-refractivity contribution < 1.29 is 0 Å². The van der Waals surface area contributed by atoms with Crippen LogP contribution in [0.5, 0.6) is 0 Å². The Morgan fingerprint density at radius 1 is 0.957 bits per heavy atom. The molecule has 0 amide bonds. The van der Waals surface area contributed by atoms with Crippen LogP contribution in [0.1, 0.15) is 12.8 Å². The maximum atomic E-state index is 4.88. The quantitative estimate of drug-likeness (QED) is 0.679. The summed E-state index contributed by atoms with van der Waals surface area (Å²) in [7, 11) is 2.07. The number of anilines is 2. The Hall–Kier alpha value is -2.81. The van der Waals surface area contributed by atoms with Crippen molar-refractivity contribution in [1.29, 1.82) is 0 Å². The molecule has 23 heavy (non-hydrogen) atoms. The third kappa shape index (κ3) is 2.44. The Labute approximate surface area is 136 Å². The van der Waals surface area contributed by atoms with Crippen LogP contribution in [-0.4, -0.2) is 16.6 Å². The van der Waals surface area contributed by atoms with Gasteiger partial charge in [0.05, 0.1) is 11.0 Å². The molecule has 1 heterocycles. The highest BCUT2D eigenvalue weighted by Crippen LogP contribution is 2.31. The van der Waals surface area contributed by atoms with Gasteiger partial charge in [-0.15, -0.1) is 0 Å². The first kappa shape index (κ1) is 13.8. The van der Waals surface area contributed by atoms with Gasteiger partial charge in [-0.2, -0.15) is 0 Å². The van der Waals surface area contributed by atoms with E-state index >= 15 is 0 Å². The van der Waals surface area contributed by atoms with E-state index in [1.54, 1.807) is 0 Å². The Morgan fingerprint density at radius 3 is 2.52 bits per heavy atom. The van der Waals surface area contributed by atoms with E-state index < -0.39 is 0 Å². The van der Waals surface area contributed by atoms with Gasteiger partial charge in [0.2, 0.25) is 5.95 Å². The molecular formula is C20H19N3. The third-order valence-electron chi connectivity index (χ3n) is 4.22. The first-order chi connectivity index (χ1) is 11.3. The Morgan fingerprint density at radius 2 is 1.74 bits per heavy atom. The minimum absolute atomic E-state index is 0.940. The maximum Gasteiger partial charge on any atom is 0.215 e. The third-order valence-corrected chi connectivity index (χ3v) is 4.22. The monoisotopic (exact) mass is 301 g/mol. The average Bonchev–Trinajstić information content (AvgIpc) is 3.02. The fraction of sp³-hybridized carbons (Fsp3) is 0.150. The van der Waals surface area contributed by atoms with Gasteiger partial charge in [0.15, 0.2) is 0 Å². The molecule has 1 aliphatic carbocycles. The maximum absolute atomic E-state index is 4.88. The summed E-state index contributed by atoms with van der Waals surface area (Å²) in [4.78, 5) is 7.02. The van der Waals surface area contributed by atoms with Gasteiger partial charge in [0.25, 0.3) is 0 Å². The first-order valence-electron chi connectivity index (χ1n) is 7.98. The molecule has 4 rings (SSSR count). The van der Waals surface area contributed by atoms with Crippen molar-refractivity contribution >= 4 is 28.4 Å². The molecule has 0 fully saturated rings.